The average Bonchev–Trinajstić information content (AvgIpc) is 3.14. The van der Waals surface area contributed by atoms with Gasteiger partial charge in [-0.15, -0.1) is 21.5 Å². The Kier molecular flexibility index (Phi) is 4.37. The highest BCUT2D eigenvalue weighted by Crippen LogP contribution is 2.30. The second-order valence-electron chi connectivity index (χ2n) is 4.07. The molecule has 0 radical (unpaired) electrons. The third kappa shape index (κ3) is 3.52. The average molecular weight is 336 g/mol. The molecule has 2 aromatic heterocycles. The highest BCUT2D eigenvalue weighted by Gasteiger charge is 2.07. The predicted molar refractivity (Wildman–Crippen MR) is 88.0 cm³/mol. The van der Waals surface area contributed by atoms with E-state index in [1.807, 2.05) is 24.3 Å². The zero-order valence-electron chi connectivity index (χ0n) is 11.1. The van der Waals surface area contributed by atoms with Crippen molar-refractivity contribution in [1.29, 1.82) is 0 Å². The second-order valence-corrected chi connectivity index (χ2v) is 7.16. The van der Waals surface area contributed by atoms with Gasteiger partial charge in [0.1, 0.15) is 10.8 Å². The van der Waals surface area contributed by atoms with Crippen molar-refractivity contribution in [2.24, 2.45) is 0 Å². The molecule has 0 amide bonds. The molecule has 0 unspecified atom stereocenters. The number of ether oxygens (including phenoxy) is 1. The number of anilines is 1. The normalized spacial score (nSPS) is 10.7. The monoisotopic (exact) mass is 336 g/mol. The van der Waals surface area contributed by atoms with Gasteiger partial charge in [0.25, 0.3) is 0 Å². The van der Waals surface area contributed by atoms with Crippen LogP contribution in [0, 0.1) is 0 Å². The topological polar surface area (TPSA) is 73.9 Å². The van der Waals surface area contributed by atoms with Crippen LogP contribution >= 0.6 is 34.4 Å². The van der Waals surface area contributed by atoms with E-state index in [4.69, 9.17) is 10.5 Å². The second kappa shape index (κ2) is 6.42. The molecule has 3 rings (SSSR count). The minimum atomic E-state index is 0.495. The van der Waals surface area contributed by atoms with Crippen LogP contribution in [0.4, 0.5) is 5.13 Å². The molecule has 0 bridgehead atoms. The van der Waals surface area contributed by atoms with Crippen molar-refractivity contribution in [2.75, 3.05) is 12.8 Å². The van der Waals surface area contributed by atoms with Gasteiger partial charge in [-0.1, -0.05) is 23.1 Å². The van der Waals surface area contributed by atoms with Crippen LogP contribution in [0.25, 0.3) is 10.6 Å². The largest absolute Gasteiger partial charge is 0.497 e. The molecule has 8 heteroatoms. The number of hydrogen-bond donors (Lipinski definition) is 1. The van der Waals surface area contributed by atoms with Crippen molar-refractivity contribution in [2.45, 2.75) is 10.1 Å². The third-order valence-corrected chi connectivity index (χ3v) is 5.51. The summed E-state index contributed by atoms with van der Waals surface area (Å²) in [6.45, 7) is 0. The number of thiazole rings is 1. The van der Waals surface area contributed by atoms with Crippen LogP contribution in [0.1, 0.15) is 5.69 Å². The molecule has 21 heavy (non-hydrogen) atoms. The molecule has 0 spiro atoms. The Hall–Kier alpha value is -1.64. The Balaban J connectivity index is 1.67. The van der Waals surface area contributed by atoms with Crippen LogP contribution in [0.15, 0.2) is 34.0 Å². The van der Waals surface area contributed by atoms with Gasteiger partial charge in [-0.2, -0.15) is 0 Å². The van der Waals surface area contributed by atoms with E-state index < -0.39 is 0 Å². The summed E-state index contributed by atoms with van der Waals surface area (Å²) in [7, 11) is 1.66. The number of thioether (sulfide) groups is 1. The smallest absolute Gasteiger partial charge is 0.203 e. The molecule has 3 aromatic rings. The summed E-state index contributed by atoms with van der Waals surface area (Å²) in [5.41, 5.74) is 7.69. The van der Waals surface area contributed by atoms with Crippen LogP contribution in [-0.2, 0) is 5.75 Å². The highest BCUT2D eigenvalue weighted by atomic mass is 32.2. The summed E-state index contributed by atoms with van der Waals surface area (Å²) < 4.78 is 6.02. The number of rotatable bonds is 5. The molecule has 0 aliphatic rings. The van der Waals surface area contributed by atoms with Crippen molar-refractivity contribution in [1.82, 2.24) is 15.2 Å². The van der Waals surface area contributed by atoms with E-state index in [-0.39, 0.29) is 0 Å². The standard InChI is InChI=1S/C13H12N4OS3/c1-18-10-4-2-8(3-5-10)11-15-9(6-19-11)7-20-13-17-16-12(14)21-13/h2-6H,7H2,1H3,(H2,14,16). The third-order valence-electron chi connectivity index (χ3n) is 2.65. The fourth-order valence-corrected chi connectivity index (χ4v) is 4.11. The van der Waals surface area contributed by atoms with Gasteiger partial charge in [0, 0.05) is 16.7 Å². The quantitative estimate of drug-likeness (QED) is 0.718. The van der Waals surface area contributed by atoms with E-state index in [0.29, 0.717) is 5.13 Å². The van der Waals surface area contributed by atoms with Crippen LogP contribution in [0.5, 0.6) is 5.75 Å². The lowest BCUT2D eigenvalue weighted by Gasteiger charge is -2.00. The van der Waals surface area contributed by atoms with Gasteiger partial charge in [0.2, 0.25) is 5.13 Å². The molecule has 0 fully saturated rings. The van der Waals surface area contributed by atoms with Crippen LogP contribution in [0.2, 0.25) is 0 Å². The maximum Gasteiger partial charge on any atom is 0.203 e. The number of hydrogen-bond acceptors (Lipinski definition) is 8. The maximum absolute atomic E-state index is 5.56. The van der Waals surface area contributed by atoms with E-state index in [0.717, 1.165) is 32.1 Å². The van der Waals surface area contributed by atoms with E-state index in [2.05, 4.69) is 20.6 Å². The molecule has 2 heterocycles. The molecule has 0 saturated carbocycles. The molecule has 0 aliphatic heterocycles. The van der Waals surface area contributed by atoms with Gasteiger partial charge < -0.3 is 10.5 Å². The van der Waals surface area contributed by atoms with Crippen LogP contribution < -0.4 is 10.5 Å². The van der Waals surface area contributed by atoms with Gasteiger partial charge in [0.05, 0.1) is 12.8 Å². The minimum Gasteiger partial charge on any atom is -0.497 e. The van der Waals surface area contributed by atoms with E-state index >= 15 is 0 Å². The van der Waals surface area contributed by atoms with E-state index in [9.17, 15) is 0 Å². The van der Waals surface area contributed by atoms with Gasteiger partial charge in [-0.3, -0.25) is 0 Å². The maximum atomic E-state index is 5.56. The molecule has 0 atom stereocenters. The van der Waals surface area contributed by atoms with Gasteiger partial charge in [-0.05, 0) is 24.3 Å². The van der Waals surface area contributed by atoms with Crippen molar-refractivity contribution in [3.63, 3.8) is 0 Å². The lowest BCUT2D eigenvalue weighted by atomic mass is 10.2. The van der Waals surface area contributed by atoms with Gasteiger partial charge in [0.15, 0.2) is 4.34 Å². The SMILES string of the molecule is COc1ccc(-c2nc(CSc3nnc(N)s3)cs2)cc1. The van der Waals surface area contributed by atoms with Crippen LogP contribution in [0.3, 0.4) is 0 Å². The van der Waals surface area contributed by atoms with Crippen molar-refractivity contribution >= 4 is 39.6 Å². The number of nitrogens with two attached hydrogens (primary N) is 1. The lowest BCUT2D eigenvalue weighted by molar-refractivity contribution is 0.415. The predicted octanol–water partition coefficient (Wildman–Crippen LogP) is 3.54. The zero-order valence-corrected chi connectivity index (χ0v) is 13.6. The summed E-state index contributed by atoms with van der Waals surface area (Å²) >= 11 is 4.63. The summed E-state index contributed by atoms with van der Waals surface area (Å²) in [6, 6.07) is 7.91. The molecular formula is C13H12N4OS3. The van der Waals surface area contributed by atoms with Crippen molar-refractivity contribution in [3.05, 3.63) is 35.3 Å². The molecule has 0 saturated heterocycles. The summed E-state index contributed by atoms with van der Waals surface area (Å²) in [4.78, 5) is 4.64. The van der Waals surface area contributed by atoms with Crippen molar-refractivity contribution in [3.8, 4) is 16.3 Å². The fraction of sp³-hybridized carbons (Fsp3) is 0.154. The zero-order chi connectivity index (χ0) is 14.7. The Morgan fingerprint density at radius 1 is 1.24 bits per heavy atom. The fourth-order valence-electron chi connectivity index (χ4n) is 1.65. The lowest BCUT2D eigenvalue weighted by Crippen LogP contribution is -1.84. The number of aromatic nitrogens is 3. The number of nitrogens with zero attached hydrogens (tertiary/aromatic N) is 3. The van der Waals surface area contributed by atoms with E-state index in [1.54, 1.807) is 30.2 Å². The first-order valence-corrected chi connectivity index (χ1v) is 8.73. The summed E-state index contributed by atoms with van der Waals surface area (Å²) in [6.07, 6.45) is 0. The summed E-state index contributed by atoms with van der Waals surface area (Å²) in [5, 5.41) is 11.3. The Morgan fingerprint density at radius 2 is 2.05 bits per heavy atom. The first-order chi connectivity index (χ1) is 10.2. The van der Waals surface area contributed by atoms with E-state index in [1.165, 1.54) is 11.3 Å². The summed E-state index contributed by atoms with van der Waals surface area (Å²) in [5.74, 6) is 1.61. The van der Waals surface area contributed by atoms with Crippen molar-refractivity contribution < 1.29 is 4.74 Å². The number of nitrogen functional groups attached to an aromatic ring is 1. The first kappa shape index (κ1) is 14.3. The number of methoxy groups -OCH3 is 1. The Labute approximate surface area is 134 Å². The molecule has 0 aliphatic carbocycles. The highest BCUT2D eigenvalue weighted by molar-refractivity contribution is 8.00. The molecular weight excluding hydrogens is 324 g/mol. The Bertz CT molecular complexity index is 723. The molecule has 2 N–H and O–H groups in total. The number of benzene rings is 1. The van der Waals surface area contributed by atoms with Gasteiger partial charge >= 0.3 is 0 Å². The first-order valence-electron chi connectivity index (χ1n) is 6.05. The molecule has 1 aromatic carbocycles. The van der Waals surface area contributed by atoms with Gasteiger partial charge in [-0.25, -0.2) is 4.98 Å². The molecule has 108 valence electrons. The Morgan fingerprint density at radius 3 is 2.71 bits per heavy atom. The van der Waals surface area contributed by atoms with Crippen LogP contribution in [-0.4, -0.2) is 22.3 Å². The minimum absolute atomic E-state index is 0.495. The molecule has 5 nitrogen and oxygen atoms in total.